The predicted octanol–water partition coefficient (Wildman–Crippen LogP) is 2.88. The maximum absolute atomic E-state index is 12.7. The Hall–Kier alpha value is -2.20. The van der Waals surface area contributed by atoms with Crippen molar-refractivity contribution in [3.8, 4) is 0 Å². The van der Waals surface area contributed by atoms with E-state index in [9.17, 15) is 8.42 Å². The van der Waals surface area contributed by atoms with Crippen LogP contribution in [0.2, 0.25) is 0 Å². The molecule has 152 valence electrons. The molecule has 0 atom stereocenters. The number of nitrogens with one attached hydrogen (secondary N) is 1. The summed E-state index contributed by atoms with van der Waals surface area (Å²) in [7, 11) is -3.53. The first-order valence-electron chi connectivity index (χ1n) is 9.33. The highest BCUT2D eigenvalue weighted by molar-refractivity contribution is 7.99. The second kappa shape index (κ2) is 8.66. The van der Waals surface area contributed by atoms with Crippen molar-refractivity contribution in [1.29, 1.82) is 0 Å². The number of rotatable bonds is 6. The van der Waals surface area contributed by atoms with E-state index in [4.69, 9.17) is 4.74 Å². The molecule has 1 aliphatic heterocycles. The highest BCUT2D eigenvalue weighted by Crippen LogP contribution is 2.26. The first kappa shape index (κ1) is 20.1. The average molecular weight is 431 g/mol. The quantitative estimate of drug-likeness (QED) is 0.647. The minimum atomic E-state index is -3.53. The summed E-state index contributed by atoms with van der Waals surface area (Å²) in [5.74, 6) is 0. The molecule has 2 aromatic heterocycles. The monoisotopic (exact) mass is 430 g/mol. The fourth-order valence-electron chi connectivity index (χ4n) is 3.09. The largest absolute Gasteiger partial charge is 0.379 e. The molecule has 29 heavy (non-hydrogen) atoms. The van der Waals surface area contributed by atoms with Crippen LogP contribution in [-0.2, 0) is 21.2 Å². The highest BCUT2D eigenvalue weighted by atomic mass is 32.2. The number of aromatic nitrogens is 3. The molecule has 1 fully saturated rings. The van der Waals surface area contributed by atoms with Crippen molar-refractivity contribution in [2.24, 2.45) is 0 Å². The summed E-state index contributed by atoms with van der Waals surface area (Å²) < 4.78 is 32.0. The minimum absolute atomic E-state index is 0.198. The molecule has 0 unspecified atom stereocenters. The van der Waals surface area contributed by atoms with Crippen LogP contribution in [-0.4, -0.2) is 54.0 Å². The number of pyridine rings is 1. The number of sulfonamides is 1. The van der Waals surface area contributed by atoms with Gasteiger partial charge in [-0.05, 0) is 36.4 Å². The van der Waals surface area contributed by atoms with Crippen LogP contribution in [0.15, 0.2) is 63.7 Å². The van der Waals surface area contributed by atoms with Gasteiger partial charge in [0.25, 0.3) is 0 Å². The van der Waals surface area contributed by atoms with E-state index in [1.807, 2.05) is 25.1 Å². The van der Waals surface area contributed by atoms with Crippen molar-refractivity contribution in [3.63, 3.8) is 0 Å². The minimum Gasteiger partial charge on any atom is -0.379 e. The molecular formula is C20H22N4O3S2. The second-order valence-corrected chi connectivity index (χ2v) is 9.67. The molecule has 0 amide bonds. The summed E-state index contributed by atoms with van der Waals surface area (Å²) in [4.78, 5) is 12.5. The Morgan fingerprint density at radius 2 is 1.90 bits per heavy atom. The van der Waals surface area contributed by atoms with Gasteiger partial charge in [-0.2, -0.15) is 4.31 Å². The molecule has 0 aliphatic carbocycles. The van der Waals surface area contributed by atoms with Gasteiger partial charge in [-0.3, -0.25) is 0 Å². The van der Waals surface area contributed by atoms with Crippen LogP contribution < -0.4 is 0 Å². The predicted molar refractivity (Wildman–Crippen MR) is 111 cm³/mol. The average Bonchev–Trinajstić information content (AvgIpc) is 3.08. The molecule has 4 rings (SSSR count). The molecule has 1 N–H and O–H groups in total. The second-order valence-electron chi connectivity index (χ2n) is 6.73. The first-order valence-corrected chi connectivity index (χ1v) is 11.6. The van der Waals surface area contributed by atoms with E-state index in [1.54, 1.807) is 12.1 Å². The van der Waals surface area contributed by atoms with Crippen LogP contribution in [0.1, 0.15) is 17.0 Å². The van der Waals surface area contributed by atoms with E-state index in [-0.39, 0.29) is 4.90 Å². The van der Waals surface area contributed by atoms with Crippen molar-refractivity contribution in [2.75, 3.05) is 26.3 Å². The molecule has 3 aromatic rings. The fraction of sp³-hybridized carbons (Fsp3) is 0.300. The molecule has 3 heterocycles. The van der Waals surface area contributed by atoms with E-state index in [0.717, 1.165) is 23.0 Å². The van der Waals surface area contributed by atoms with E-state index in [1.165, 1.54) is 27.8 Å². The van der Waals surface area contributed by atoms with Crippen molar-refractivity contribution < 1.29 is 13.2 Å². The standard InChI is InChI=1S/C20H22N4O3S2/c1-15-18(13-16-5-3-2-4-6-16)23-20(22-15)28-19-8-7-17(14-21-19)29(25,26)24-9-11-27-12-10-24/h2-8,14H,9-13H2,1H3,(H,22,23). The molecule has 1 saturated heterocycles. The Morgan fingerprint density at radius 3 is 2.59 bits per heavy atom. The molecular weight excluding hydrogens is 408 g/mol. The third-order valence-corrected chi connectivity index (χ3v) is 7.42. The van der Waals surface area contributed by atoms with Crippen molar-refractivity contribution in [1.82, 2.24) is 19.3 Å². The summed E-state index contributed by atoms with van der Waals surface area (Å²) in [6.07, 6.45) is 2.17. The SMILES string of the molecule is Cc1[nH]c(Sc2ccc(S(=O)(=O)N3CCOCC3)cn2)nc1Cc1ccccc1. The van der Waals surface area contributed by atoms with Crippen molar-refractivity contribution in [2.45, 2.75) is 28.4 Å². The summed E-state index contributed by atoms with van der Waals surface area (Å²) in [5.41, 5.74) is 3.21. The number of aryl methyl sites for hydroxylation is 1. The van der Waals surface area contributed by atoms with Crippen LogP contribution in [0.5, 0.6) is 0 Å². The van der Waals surface area contributed by atoms with Gasteiger partial charge in [-0.1, -0.05) is 30.3 Å². The number of imidazole rings is 1. The maximum Gasteiger partial charge on any atom is 0.244 e. The number of hydrogen-bond acceptors (Lipinski definition) is 6. The molecule has 0 bridgehead atoms. The Balaban J connectivity index is 1.46. The third-order valence-electron chi connectivity index (χ3n) is 4.70. The molecule has 1 aliphatic rings. The van der Waals surface area contributed by atoms with Gasteiger partial charge >= 0.3 is 0 Å². The molecule has 7 nitrogen and oxygen atoms in total. The summed E-state index contributed by atoms with van der Waals surface area (Å²) in [6, 6.07) is 13.5. The number of aromatic amines is 1. The van der Waals surface area contributed by atoms with Crippen LogP contribution in [0, 0.1) is 6.92 Å². The smallest absolute Gasteiger partial charge is 0.244 e. The molecule has 0 spiro atoms. The number of hydrogen-bond donors (Lipinski definition) is 1. The van der Waals surface area contributed by atoms with Crippen LogP contribution in [0.25, 0.3) is 0 Å². The van der Waals surface area contributed by atoms with Gasteiger partial charge < -0.3 is 9.72 Å². The van der Waals surface area contributed by atoms with Crippen LogP contribution >= 0.6 is 11.8 Å². The van der Waals surface area contributed by atoms with Crippen LogP contribution in [0.4, 0.5) is 0 Å². The molecule has 0 radical (unpaired) electrons. The number of ether oxygens (including phenoxy) is 1. The van der Waals surface area contributed by atoms with Gasteiger partial charge in [-0.25, -0.2) is 18.4 Å². The lowest BCUT2D eigenvalue weighted by molar-refractivity contribution is 0.0730. The Morgan fingerprint density at radius 1 is 1.14 bits per heavy atom. The Kier molecular flexibility index (Phi) is 6.00. The number of morpholine rings is 1. The Labute approximate surface area is 174 Å². The highest BCUT2D eigenvalue weighted by Gasteiger charge is 2.26. The molecule has 0 saturated carbocycles. The molecule has 9 heteroatoms. The van der Waals surface area contributed by atoms with Gasteiger partial charge in [-0.15, -0.1) is 0 Å². The van der Waals surface area contributed by atoms with Crippen LogP contribution in [0.3, 0.4) is 0 Å². The maximum atomic E-state index is 12.7. The number of benzene rings is 1. The lowest BCUT2D eigenvalue weighted by Gasteiger charge is -2.25. The van der Waals surface area contributed by atoms with Gasteiger partial charge in [0.15, 0.2) is 5.16 Å². The van der Waals surface area contributed by atoms with Gasteiger partial charge in [0.1, 0.15) is 9.92 Å². The molecule has 1 aromatic carbocycles. The topological polar surface area (TPSA) is 88.2 Å². The number of H-pyrrole nitrogens is 1. The van der Waals surface area contributed by atoms with E-state index < -0.39 is 10.0 Å². The van der Waals surface area contributed by atoms with E-state index >= 15 is 0 Å². The van der Waals surface area contributed by atoms with Crippen molar-refractivity contribution >= 4 is 21.8 Å². The number of nitrogens with zero attached hydrogens (tertiary/aromatic N) is 3. The van der Waals surface area contributed by atoms with Gasteiger partial charge in [0.05, 0.1) is 18.9 Å². The van der Waals surface area contributed by atoms with Gasteiger partial charge in [0.2, 0.25) is 10.0 Å². The first-order chi connectivity index (χ1) is 14.0. The summed E-state index contributed by atoms with van der Waals surface area (Å²) >= 11 is 1.38. The fourth-order valence-corrected chi connectivity index (χ4v) is 5.24. The third kappa shape index (κ3) is 4.69. The van der Waals surface area contributed by atoms with E-state index in [0.29, 0.717) is 31.3 Å². The van der Waals surface area contributed by atoms with Gasteiger partial charge in [0, 0.05) is 31.4 Å². The lowest BCUT2D eigenvalue weighted by atomic mass is 10.1. The zero-order valence-corrected chi connectivity index (χ0v) is 17.7. The normalized spacial score (nSPS) is 15.5. The lowest BCUT2D eigenvalue weighted by Crippen LogP contribution is -2.40. The van der Waals surface area contributed by atoms with Crippen molar-refractivity contribution in [3.05, 3.63) is 65.6 Å². The summed E-state index contributed by atoms with van der Waals surface area (Å²) in [6.45, 7) is 3.58. The van der Waals surface area contributed by atoms with E-state index in [2.05, 4.69) is 27.1 Å². The summed E-state index contributed by atoms with van der Waals surface area (Å²) in [5, 5.41) is 1.43. The zero-order valence-electron chi connectivity index (χ0n) is 16.0. The Bertz CT molecular complexity index is 1060. The zero-order chi connectivity index (χ0) is 20.3.